The van der Waals surface area contributed by atoms with Crippen LogP contribution < -0.4 is 0 Å². The summed E-state index contributed by atoms with van der Waals surface area (Å²) in [6.07, 6.45) is 1.98. The van der Waals surface area contributed by atoms with Crippen molar-refractivity contribution in [3.05, 3.63) is 35.4 Å². The van der Waals surface area contributed by atoms with E-state index in [1.54, 1.807) is 0 Å². The van der Waals surface area contributed by atoms with Crippen LogP contribution in [0.3, 0.4) is 0 Å². The first-order valence-corrected chi connectivity index (χ1v) is 7.24. The number of ether oxygens (including phenoxy) is 2. The summed E-state index contributed by atoms with van der Waals surface area (Å²) < 4.78 is 11.3. The first-order valence-electron chi connectivity index (χ1n) is 7.24. The molecule has 2 aliphatic rings. The molecule has 0 radical (unpaired) electrons. The lowest BCUT2D eigenvalue weighted by Gasteiger charge is -2.20. The molecule has 0 aromatic heterocycles. The fourth-order valence-corrected chi connectivity index (χ4v) is 2.33. The van der Waals surface area contributed by atoms with Gasteiger partial charge in [-0.25, -0.2) is 9.98 Å². The molecule has 0 aliphatic carbocycles. The fourth-order valence-electron chi connectivity index (χ4n) is 2.33. The van der Waals surface area contributed by atoms with Crippen LogP contribution in [0.4, 0.5) is 0 Å². The molecule has 0 amide bonds. The van der Waals surface area contributed by atoms with Crippen molar-refractivity contribution in [2.45, 2.75) is 38.8 Å². The second-order valence-electron chi connectivity index (χ2n) is 5.42. The van der Waals surface area contributed by atoms with Gasteiger partial charge < -0.3 is 9.47 Å². The molecule has 4 heteroatoms. The molecule has 20 heavy (non-hydrogen) atoms. The van der Waals surface area contributed by atoms with E-state index in [1.807, 2.05) is 24.3 Å². The summed E-state index contributed by atoms with van der Waals surface area (Å²) >= 11 is 0. The zero-order valence-electron chi connectivity index (χ0n) is 12.0. The van der Waals surface area contributed by atoms with Gasteiger partial charge in [0.15, 0.2) is 0 Å². The summed E-state index contributed by atoms with van der Waals surface area (Å²) in [5.74, 6) is 1.49. The molecule has 2 heterocycles. The standard InChI is InChI=1S/C16H20N2O2/c1-11-7-9-19-15(17-11)13-3-5-14(6-4-13)16-18-12(2)8-10-20-16/h3-6,11-12H,7-10H2,1-2H3. The zero-order valence-corrected chi connectivity index (χ0v) is 12.0. The van der Waals surface area contributed by atoms with Gasteiger partial charge in [-0.3, -0.25) is 0 Å². The van der Waals surface area contributed by atoms with E-state index in [2.05, 4.69) is 23.8 Å². The van der Waals surface area contributed by atoms with E-state index >= 15 is 0 Å². The Morgan fingerprint density at radius 1 is 0.800 bits per heavy atom. The highest BCUT2D eigenvalue weighted by Crippen LogP contribution is 2.16. The van der Waals surface area contributed by atoms with Gasteiger partial charge in [-0.05, 0) is 38.1 Å². The fraction of sp³-hybridized carbons (Fsp3) is 0.500. The van der Waals surface area contributed by atoms with Crippen molar-refractivity contribution in [2.24, 2.45) is 9.98 Å². The Kier molecular flexibility index (Phi) is 3.72. The molecule has 0 saturated heterocycles. The Morgan fingerprint density at radius 2 is 1.20 bits per heavy atom. The SMILES string of the molecule is CC1CCOC(c2ccc(C3=NC(C)CCO3)cc2)=N1. The lowest BCUT2D eigenvalue weighted by atomic mass is 10.1. The molecule has 106 valence electrons. The van der Waals surface area contributed by atoms with E-state index in [0.717, 1.165) is 49.0 Å². The second-order valence-corrected chi connectivity index (χ2v) is 5.42. The highest BCUT2D eigenvalue weighted by atomic mass is 16.5. The van der Waals surface area contributed by atoms with E-state index in [1.165, 1.54) is 0 Å². The van der Waals surface area contributed by atoms with Crippen LogP contribution in [0.2, 0.25) is 0 Å². The van der Waals surface area contributed by atoms with Crippen LogP contribution in [-0.2, 0) is 9.47 Å². The number of hydrogen-bond donors (Lipinski definition) is 0. The third-order valence-electron chi connectivity index (χ3n) is 3.60. The van der Waals surface area contributed by atoms with Gasteiger partial charge in [0, 0.05) is 24.0 Å². The molecule has 0 fully saturated rings. The Morgan fingerprint density at radius 3 is 1.55 bits per heavy atom. The number of aliphatic imine (C=N–C) groups is 2. The Hall–Kier alpha value is -1.84. The van der Waals surface area contributed by atoms with Crippen molar-refractivity contribution in [1.29, 1.82) is 0 Å². The van der Waals surface area contributed by atoms with Crippen LogP contribution in [0.1, 0.15) is 37.8 Å². The Bertz CT molecular complexity index is 485. The number of benzene rings is 1. The summed E-state index contributed by atoms with van der Waals surface area (Å²) in [5.41, 5.74) is 2.04. The van der Waals surface area contributed by atoms with Crippen molar-refractivity contribution < 1.29 is 9.47 Å². The van der Waals surface area contributed by atoms with Crippen molar-refractivity contribution in [2.75, 3.05) is 13.2 Å². The lowest BCUT2D eigenvalue weighted by Crippen LogP contribution is -2.21. The maximum absolute atomic E-state index is 5.63. The van der Waals surface area contributed by atoms with Crippen LogP contribution in [0.15, 0.2) is 34.3 Å². The molecule has 2 atom stereocenters. The molecular weight excluding hydrogens is 252 g/mol. The summed E-state index contributed by atoms with van der Waals surface area (Å²) in [5, 5.41) is 0. The maximum Gasteiger partial charge on any atom is 0.216 e. The van der Waals surface area contributed by atoms with Crippen molar-refractivity contribution in [1.82, 2.24) is 0 Å². The normalized spacial score (nSPS) is 26.1. The second kappa shape index (κ2) is 5.65. The van der Waals surface area contributed by atoms with E-state index in [9.17, 15) is 0 Å². The average Bonchev–Trinajstić information content (AvgIpc) is 2.47. The zero-order chi connectivity index (χ0) is 13.9. The van der Waals surface area contributed by atoms with Gasteiger partial charge in [0.25, 0.3) is 0 Å². The predicted octanol–water partition coefficient (Wildman–Crippen LogP) is 2.80. The van der Waals surface area contributed by atoms with E-state index in [0.29, 0.717) is 12.1 Å². The van der Waals surface area contributed by atoms with Crippen LogP contribution in [0.25, 0.3) is 0 Å². The molecule has 4 nitrogen and oxygen atoms in total. The third kappa shape index (κ3) is 2.84. The molecule has 3 rings (SSSR count). The van der Waals surface area contributed by atoms with Gasteiger partial charge in [-0.15, -0.1) is 0 Å². The molecule has 0 saturated carbocycles. The first-order chi connectivity index (χ1) is 9.72. The van der Waals surface area contributed by atoms with Crippen LogP contribution >= 0.6 is 0 Å². The largest absolute Gasteiger partial charge is 0.477 e. The summed E-state index contributed by atoms with van der Waals surface area (Å²) in [4.78, 5) is 9.08. The highest BCUT2D eigenvalue weighted by molar-refractivity contribution is 5.98. The molecule has 1 aromatic carbocycles. The van der Waals surface area contributed by atoms with Crippen molar-refractivity contribution in [3.63, 3.8) is 0 Å². The average molecular weight is 272 g/mol. The molecule has 0 bridgehead atoms. The van der Waals surface area contributed by atoms with Gasteiger partial charge in [0.05, 0.1) is 25.3 Å². The molecule has 2 aliphatic heterocycles. The minimum absolute atomic E-state index is 0.338. The van der Waals surface area contributed by atoms with Gasteiger partial charge >= 0.3 is 0 Å². The van der Waals surface area contributed by atoms with Crippen LogP contribution in [0, 0.1) is 0 Å². The van der Waals surface area contributed by atoms with Crippen molar-refractivity contribution >= 4 is 11.8 Å². The topological polar surface area (TPSA) is 43.2 Å². The molecule has 2 unspecified atom stereocenters. The van der Waals surface area contributed by atoms with Gasteiger partial charge in [-0.2, -0.15) is 0 Å². The van der Waals surface area contributed by atoms with E-state index in [-0.39, 0.29) is 0 Å². The monoisotopic (exact) mass is 272 g/mol. The number of rotatable bonds is 2. The number of nitrogens with zero attached hydrogens (tertiary/aromatic N) is 2. The minimum atomic E-state index is 0.338. The number of hydrogen-bond acceptors (Lipinski definition) is 4. The van der Waals surface area contributed by atoms with Crippen molar-refractivity contribution in [3.8, 4) is 0 Å². The highest BCUT2D eigenvalue weighted by Gasteiger charge is 2.16. The van der Waals surface area contributed by atoms with Gasteiger partial charge in [0.1, 0.15) is 0 Å². The first kappa shape index (κ1) is 13.2. The van der Waals surface area contributed by atoms with E-state index < -0.39 is 0 Å². The molecule has 0 N–H and O–H groups in total. The summed E-state index contributed by atoms with van der Waals surface area (Å²) in [7, 11) is 0. The van der Waals surface area contributed by atoms with Crippen LogP contribution in [-0.4, -0.2) is 37.1 Å². The molecular formula is C16H20N2O2. The smallest absolute Gasteiger partial charge is 0.216 e. The molecule has 0 spiro atoms. The summed E-state index contributed by atoms with van der Waals surface area (Å²) in [6, 6.07) is 8.78. The predicted molar refractivity (Wildman–Crippen MR) is 79.6 cm³/mol. The van der Waals surface area contributed by atoms with Crippen LogP contribution in [0.5, 0.6) is 0 Å². The van der Waals surface area contributed by atoms with Gasteiger partial charge in [0.2, 0.25) is 11.8 Å². The third-order valence-corrected chi connectivity index (χ3v) is 3.60. The quantitative estimate of drug-likeness (QED) is 0.831. The lowest BCUT2D eigenvalue weighted by molar-refractivity contribution is 0.265. The molecule has 1 aromatic rings. The van der Waals surface area contributed by atoms with E-state index in [4.69, 9.17) is 9.47 Å². The Labute approximate surface area is 119 Å². The Balaban J connectivity index is 1.81. The summed E-state index contributed by atoms with van der Waals surface area (Å²) in [6.45, 7) is 5.72. The minimum Gasteiger partial charge on any atom is -0.477 e. The van der Waals surface area contributed by atoms with Gasteiger partial charge in [-0.1, -0.05) is 0 Å². The maximum atomic E-state index is 5.63.